The van der Waals surface area contributed by atoms with Crippen LogP contribution in [0.4, 0.5) is 5.82 Å². The number of halogens is 1. The average Bonchev–Trinajstić information content (AvgIpc) is 3.14. The minimum atomic E-state index is -0.274. The molecule has 0 saturated carbocycles. The van der Waals surface area contributed by atoms with E-state index < -0.39 is 0 Å². The lowest BCUT2D eigenvalue weighted by Gasteiger charge is -2.28. The number of ether oxygens (including phenoxy) is 3. The van der Waals surface area contributed by atoms with E-state index in [-0.39, 0.29) is 17.9 Å². The van der Waals surface area contributed by atoms with Crippen LogP contribution in [0.5, 0.6) is 11.5 Å². The number of nitrogens with zero attached hydrogens (tertiary/aromatic N) is 3. The Morgan fingerprint density at radius 1 is 1.39 bits per heavy atom. The Morgan fingerprint density at radius 2 is 2.23 bits per heavy atom. The van der Waals surface area contributed by atoms with E-state index in [1.165, 1.54) is 0 Å². The molecule has 1 fully saturated rings. The van der Waals surface area contributed by atoms with Gasteiger partial charge in [0, 0.05) is 37.1 Å². The largest absolute Gasteiger partial charge is 0.497 e. The molecule has 31 heavy (non-hydrogen) atoms. The van der Waals surface area contributed by atoms with Gasteiger partial charge >= 0.3 is 0 Å². The summed E-state index contributed by atoms with van der Waals surface area (Å²) in [6.07, 6.45) is 3.29. The molecule has 0 radical (unpaired) electrons. The maximum Gasteiger partial charge on any atom is 0.153 e. The van der Waals surface area contributed by atoms with Crippen LogP contribution in [0.2, 0.25) is 0 Å². The summed E-state index contributed by atoms with van der Waals surface area (Å²) < 4.78 is 19.3. The van der Waals surface area contributed by atoms with E-state index >= 15 is 0 Å². The summed E-state index contributed by atoms with van der Waals surface area (Å²) in [6, 6.07) is 5.42. The summed E-state index contributed by atoms with van der Waals surface area (Å²) in [4.78, 5) is 20.7. The lowest BCUT2D eigenvalue weighted by atomic mass is 10.1. The Morgan fingerprint density at radius 3 is 2.90 bits per heavy atom. The third-order valence-electron chi connectivity index (χ3n) is 5.27. The average molecular weight is 490 g/mol. The number of fused-ring (bicyclic) bond motifs is 1. The zero-order valence-electron chi connectivity index (χ0n) is 17.5. The quantitative estimate of drug-likeness (QED) is 0.522. The molecule has 4 rings (SSSR count). The Hall–Kier alpha value is -2.69. The molecule has 2 atom stereocenters. The van der Waals surface area contributed by atoms with Crippen molar-refractivity contribution in [2.24, 2.45) is 0 Å². The summed E-state index contributed by atoms with van der Waals surface area (Å²) in [5.74, 6) is 2.95. The molecular weight excluding hydrogens is 466 g/mol. The molecule has 3 aromatic rings. The van der Waals surface area contributed by atoms with Gasteiger partial charge < -0.3 is 24.8 Å². The van der Waals surface area contributed by atoms with Crippen molar-refractivity contribution in [1.29, 1.82) is 0 Å². The number of anilines is 1. The second-order valence-electron chi connectivity index (χ2n) is 7.18. The van der Waals surface area contributed by atoms with Gasteiger partial charge in [0.25, 0.3) is 0 Å². The number of ketones is 1. The molecule has 1 aromatic carbocycles. The van der Waals surface area contributed by atoms with Gasteiger partial charge in [-0.3, -0.25) is 9.20 Å². The van der Waals surface area contributed by atoms with Crippen LogP contribution in [-0.4, -0.2) is 53.6 Å². The summed E-state index contributed by atoms with van der Waals surface area (Å²) >= 11 is 3.56. The maximum atomic E-state index is 11.6. The zero-order chi connectivity index (χ0) is 22.0. The molecular formula is C21H24BrN5O4. The smallest absolute Gasteiger partial charge is 0.153 e. The van der Waals surface area contributed by atoms with Crippen molar-refractivity contribution < 1.29 is 19.0 Å². The fourth-order valence-corrected chi connectivity index (χ4v) is 4.12. The number of carbonyl (C=O) groups is 1. The fourth-order valence-electron chi connectivity index (χ4n) is 3.56. The van der Waals surface area contributed by atoms with Gasteiger partial charge in [-0.15, -0.1) is 0 Å². The van der Waals surface area contributed by atoms with Gasteiger partial charge in [0.05, 0.1) is 26.9 Å². The van der Waals surface area contributed by atoms with Crippen molar-refractivity contribution >= 4 is 33.0 Å². The first-order chi connectivity index (χ1) is 15.0. The molecule has 0 unspecified atom stereocenters. The van der Waals surface area contributed by atoms with Crippen molar-refractivity contribution in [3.05, 3.63) is 46.6 Å². The van der Waals surface area contributed by atoms with Crippen LogP contribution >= 0.6 is 15.9 Å². The van der Waals surface area contributed by atoms with Crippen molar-refractivity contribution in [3.8, 4) is 11.5 Å². The highest BCUT2D eigenvalue weighted by Crippen LogP contribution is 2.31. The monoisotopic (exact) mass is 489 g/mol. The minimum absolute atomic E-state index is 0.0669. The molecule has 10 heteroatoms. The number of carbonyl (C=O) groups excluding carboxylic acids is 1. The third-order valence-corrected chi connectivity index (χ3v) is 5.83. The molecule has 1 aliphatic rings. The van der Waals surface area contributed by atoms with E-state index in [0.717, 1.165) is 28.4 Å². The summed E-state index contributed by atoms with van der Waals surface area (Å²) in [7, 11) is 3.25. The van der Waals surface area contributed by atoms with E-state index in [2.05, 4.69) is 36.5 Å². The molecule has 3 heterocycles. The molecule has 2 N–H and O–H groups in total. The molecule has 9 nitrogen and oxygen atoms in total. The first-order valence-electron chi connectivity index (χ1n) is 9.84. The highest BCUT2D eigenvalue weighted by Gasteiger charge is 2.29. The standard InChI is InChI=1S/C21H24BrN5O4/c1-12(28)15-11-31-17(10-24-15)21-26-19(22)18-20(23-6-7-27(18)21)25-9-13-4-5-14(29-2)8-16(13)30-3/h4-8,15,17,24H,9-11H2,1-3H3,(H,23,25)/t15-,17+/m0/s1. The van der Waals surface area contributed by atoms with Gasteiger partial charge in [0.2, 0.25) is 0 Å². The van der Waals surface area contributed by atoms with E-state index in [1.807, 2.05) is 28.8 Å². The summed E-state index contributed by atoms with van der Waals surface area (Å²) in [5, 5.41) is 6.60. The number of rotatable bonds is 7. The van der Waals surface area contributed by atoms with Crippen LogP contribution in [0, 0.1) is 0 Å². The van der Waals surface area contributed by atoms with Crippen molar-refractivity contribution in [1.82, 2.24) is 19.7 Å². The Labute approximate surface area is 188 Å². The normalized spacial score (nSPS) is 18.7. The van der Waals surface area contributed by atoms with Gasteiger partial charge in [-0.05, 0) is 35.0 Å². The van der Waals surface area contributed by atoms with E-state index in [1.54, 1.807) is 27.3 Å². The van der Waals surface area contributed by atoms with Gasteiger partial charge in [0.1, 0.15) is 39.3 Å². The number of imidazole rings is 1. The molecule has 1 aliphatic heterocycles. The van der Waals surface area contributed by atoms with Crippen LogP contribution in [0.1, 0.15) is 24.4 Å². The molecule has 0 spiro atoms. The number of aromatic nitrogens is 3. The van der Waals surface area contributed by atoms with Crippen molar-refractivity contribution in [2.75, 3.05) is 32.7 Å². The fraction of sp³-hybridized carbons (Fsp3) is 0.381. The van der Waals surface area contributed by atoms with E-state index in [9.17, 15) is 4.79 Å². The zero-order valence-corrected chi connectivity index (χ0v) is 19.1. The third kappa shape index (κ3) is 4.36. The second-order valence-corrected chi connectivity index (χ2v) is 7.93. The van der Waals surface area contributed by atoms with Crippen molar-refractivity contribution in [2.45, 2.75) is 25.6 Å². The van der Waals surface area contributed by atoms with Gasteiger partial charge in [-0.2, -0.15) is 0 Å². The molecule has 0 aliphatic carbocycles. The first-order valence-corrected chi connectivity index (χ1v) is 10.6. The molecule has 1 saturated heterocycles. The van der Waals surface area contributed by atoms with Gasteiger partial charge in [-0.1, -0.05) is 0 Å². The predicted octanol–water partition coefficient (Wildman–Crippen LogP) is 2.74. The first kappa shape index (κ1) is 21.5. The van der Waals surface area contributed by atoms with Crippen LogP contribution in [0.25, 0.3) is 5.52 Å². The lowest BCUT2D eigenvalue weighted by Crippen LogP contribution is -2.47. The number of morpholine rings is 1. The van der Waals surface area contributed by atoms with E-state index in [4.69, 9.17) is 14.2 Å². The molecule has 164 valence electrons. The topological polar surface area (TPSA) is 99.0 Å². The Balaban J connectivity index is 1.57. The number of hydrogen-bond donors (Lipinski definition) is 2. The van der Waals surface area contributed by atoms with Crippen LogP contribution < -0.4 is 20.1 Å². The van der Waals surface area contributed by atoms with Gasteiger partial charge in [0.15, 0.2) is 5.82 Å². The number of hydrogen-bond acceptors (Lipinski definition) is 8. The number of methoxy groups -OCH3 is 2. The van der Waals surface area contributed by atoms with E-state index in [0.29, 0.717) is 30.1 Å². The van der Waals surface area contributed by atoms with Crippen LogP contribution in [0.15, 0.2) is 35.2 Å². The van der Waals surface area contributed by atoms with Crippen LogP contribution in [0.3, 0.4) is 0 Å². The highest BCUT2D eigenvalue weighted by atomic mass is 79.9. The van der Waals surface area contributed by atoms with Crippen LogP contribution in [-0.2, 0) is 16.1 Å². The second kappa shape index (κ2) is 9.21. The molecule has 0 amide bonds. The Kier molecular flexibility index (Phi) is 6.40. The minimum Gasteiger partial charge on any atom is -0.497 e. The van der Waals surface area contributed by atoms with Gasteiger partial charge in [-0.25, -0.2) is 9.97 Å². The van der Waals surface area contributed by atoms with Crippen molar-refractivity contribution in [3.63, 3.8) is 0 Å². The summed E-state index contributed by atoms with van der Waals surface area (Å²) in [5.41, 5.74) is 1.78. The number of nitrogens with one attached hydrogen (secondary N) is 2. The number of benzene rings is 1. The lowest BCUT2D eigenvalue weighted by molar-refractivity contribution is -0.123. The molecule has 2 aromatic heterocycles. The number of Topliss-reactive ketones (excluding diaryl/α,β-unsaturated/α-hetero) is 1. The highest BCUT2D eigenvalue weighted by molar-refractivity contribution is 9.10. The SMILES string of the molecule is COc1ccc(CNc2nccn3c([C@H]4CN[C@H](C(C)=O)CO4)nc(Br)c23)c(OC)c1. The predicted molar refractivity (Wildman–Crippen MR) is 119 cm³/mol. The Bertz CT molecular complexity index is 1090. The molecule has 0 bridgehead atoms. The maximum absolute atomic E-state index is 11.6. The summed E-state index contributed by atoms with van der Waals surface area (Å²) in [6.45, 7) is 2.89.